The fourth-order valence-electron chi connectivity index (χ4n) is 5.73. The van der Waals surface area contributed by atoms with Crippen LogP contribution in [0.2, 0.25) is 0 Å². The Kier molecular flexibility index (Phi) is 15.1. The van der Waals surface area contributed by atoms with Gasteiger partial charge in [-0.3, -0.25) is 9.59 Å². The maximum atomic E-state index is 12.7. The van der Waals surface area contributed by atoms with Crippen LogP contribution >= 0.6 is 0 Å². The standard InChI is InChI=1S/2C24H22O5/c2*1-26-22-15-13-20(23(27-2)24(22)28-3)21(25)14-12-17-8-7-11-19(16-17)29-18-9-5-4-6-10-18/h2*4-16H,1-3H3/b2*14-12+. The highest BCUT2D eigenvalue weighted by Crippen LogP contribution is 2.41. The third kappa shape index (κ3) is 10.9. The molecule has 0 spiro atoms. The number of ether oxygens (including phenoxy) is 8. The number of rotatable bonds is 16. The van der Waals surface area contributed by atoms with Gasteiger partial charge in [-0.1, -0.05) is 72.8 Å². The maximum absolute atomic E-state index is 12.7. The Balaban J connectivity index is 0.000000221. The lowest BCUT2D eigenvalue weighted by Gasteiger charge is -2.14. The van der Waals surface area contributed by atoms with Crippen LogP contribution in [0.25, 0.3) is 12.2 Å². The van der Waals surface area contributed by atoms with Crippen LogP contribution in [0.3, 0.4) is 0 Å². The summed E-state index contributed by atoms with van der Waals surface area (Å²) in [6.45, 7) is 0. The van der Waals surface area contributed by atoms with Gasteiger partial charge >= 0.3 is 0 Å². The molecule has 6 rings (SSSR count). The summed E-state index contributed by atoms with van der Waals surface area (Å²) in [5.41, 5.74) is 2.45. The van der Waals surface area contributed by atoms with Crippen LogP contribution in [0.4, 0.5) is 0 Å². The highest BCUT2D eigenvalue weighted by atomic mass is 16.5. The Morgan fingerprint density at radius 1 is 0.379 bits per heavy atom. The third-order valence-electron chi connectivity index (χ3n) is 8.47. The number of methoxy groups -OCH3 is 6. The molecule has 10 heteroatoms. The van der Waals surface area contributed by atoms with Crippen molar-refractivity contribution in [3.05, 3.63) is 168 Å². The predicted molar refractivity (Wildman–Crippen MR) is 225 cm³/mol. The summed E-state index contributed by atoms with van der Waals surface area (Å²) in [7, 11) is 9.04. The van der Waals surface area contributed by atoms with Crippen LogP contribution in [0.5, 0.6) is 57.5 Å². The van der Waals surface area contributed by atoms with Crippen LogP contribution in [-0.4, -0.2) is 54.2 Å². The molecule has 0 amide bonds. The monoisotopic (exact) mass is 780 g/mol. The molecule has 58 heavy (non-hydrogen) atoms. The first kappa shape index (κ1) is 41.7. The van der Waals surface area contributed by atoms with E-state index in [1.165, 1.54) is 54.8 Å². The fraction of sp³-hybridized carbons (Fsp3) is 0.125. The summed E-state index contributed by atoms with van der Waals surface area (Å²) in [6.07, 6.45) is 6.45. The summed E-state index contributed by atoms with van der Waals surface area (Å²) in [4.78, 5) is 25.5. The van der Waals surface area contributed by atoms with Crippen LogP contribution < -0.4 is 37.9 Å². The van der Waals surface area contributed by atoms with Gasteiger partial charge in [-0.25, -0.2) is 0 Å². The number of carbonyl (C=O) groups is 2. The van der Waals surface area contributed by atoms with Crippen LogP contribution in [0, 0.1) is 0 Å². The number of hydrogen-bond acceptors (Lipinski definition) is 10. The van der Waals surface area contributed by atoms with Crippen molar-refractivity contribution in [1.82, 2.24) is 0 Å². The minimum Gasteiger partial charge on any atom is -0.493 e. The molecule has 0 aliphatic heterocycles. The molecule has 10 nitrogen and oxygen atoms in total. The summed E-state index contributed by atoms with van der Waals surface area (Å²) < 4.78 is 43.6. The number of hydrogen-bond donors (Lipinski definition) is 0. The molecule has 0 aromatic heterocycles. The van der Waals surface area contributed by atoms with Crippen molar-refractivity contribution in [2.45, 2.75) is 0 Å². The fourth-order valence-corrected chi connectivity index (χ4v) is 5.73. The summed E-state index contributed by atoms with van der Waals surface area (Å²) >= 11 is 0. The number of allylic oxidation sites excluding steroid dienone is 2. The molecule has 0 radical (unpaired) electrons. The van der Waals surface area contributed by atoms with E-state index in [2.05, 4.69) is 0 Å². The second-order valence-electron chi connectivity index (χ2n) is 12.1. The maximum Gasteiger partial charge on any atom is 0.204 e. The summed E-state index contributed by atoms with van der Waals surface area (Å²) in [5, 5.41) is 0. The molecule has 0 atom stereocenters. The van der Waals surface area contributed by atoms with Crippen molar-refractivity contribution < 1.29 is 47.5 Å². The van der Waals surface area contributed by atoms with Crippen LogP contribution in [0.1, 0.15) is 31.8 Å². The van der Waals surface area contributed by atoms with E-state index in [-0.39, 0.29) is 11.6 Å². The first-order chi connectivity index (χ1) is 28.3. The quantitative estimate of drug-likeness (QED) is 0.0695. The molecule has 6 aromatic rings. The van der Waals surface area contributed by atoms with Gasteiger partial charge in [-0.15, -0.1) is 0 Å². The van der Waals surface area contributed by atoms with Gasteiger partial charge in [0.25, 0.3) is 0 Å². The number of benzene rings is 6. The van der Waals surface area contributed by atoms with Crippen molar-refractivity contribution in [3.63, 3.8) is 0 Å². The Hall–Kier alpha value is -7.46. The first-order valence-electron chi connectivity index (χ1n) is 18.0. The van der Waals surface area contributed by atoms with E-state index >= 15 is 0 Å². The normalized spacial score (nSPS) is 10.6. The zero-order valence-corrected chi connectivity index (χ0v) is 33.1. The van der Waals surface area contributed by atoms with Gasteiger partial charge in [-0.2, -0.15) is 0 Å². The second kappa shape index (κ2) is 21.0. The average Bonchev–Trinajstić information content (AvgIpc) is 3.27. The highest BCUT2D eigenvalue weighted by molar-refractivity contribution is 6.10. The minimum absolute atomic E-state index is 0.211. The highest BCUT2D eigenvalue weighted by Gasteiger charge is 2.20. The Labute approximate surface area is 338 Å². The topological polar surface area (TPSA) is 108 Å². The van der Waals surface area contributed by atoms with E-state index in [1.54, 1.807) is 36.4 Å². The molecule has 0 bridgehead atoms. The van der Waals surface area contributed by atoms with Gasteiger partial charge in [0.05, 0.1) is 53.8 Å². The molecule has 0 aliphatic carbocycles. The molecule has 296 valence electrons. The summed E-state index contributed by atoms with van der Waals surface area (Å²) in [5.74, 6) is 4.88. The lowest BCUT2D eigenvalue weighted by molar-refractivity contribution is 0.103. The van der Waals surface area contributed by atoms with Crippen LogP contribution in [0.15, 0.2) is 146 Å². The largest absolute Gasteiger partial charge is 0.493 e. The minimum atomic E-state index is -0.211. The number of ketones is 2. The smallest absolute Gasteiger partial charge is 0.204 e. The van der Waals surface area contributed by atoms with Crippen molar-refractivity contribution in [2.75, 3.05) is 42.7 Å². The number of carbonyl (C=O) groups excluding carboxylic acids is 2. The van der Waals surface area contributed by atoms with Crippen molar-refractivity contribution in [1.29, 1.82) is 0 Å². The molecule has 0 fully saturated rings. The van der Waals surface area contributed by atoms with E-state index in [0.717, 1.165) is 22.6 Å². The SMILES string of the molecule is COc1ccc(C(=O)/C=C/c2cccc(Oc3ccccc3)c2)c(OC)c1OC.COc1ccc(C(=O)/C=C/c2cccc(Oc3ccccc3)c2)c(OC)c1OC. The van der Waals surface area contributed by atoms with Gasteiger partial charge in [0.1, 0.15) is 23.0 Å². The van der Waals surface area contributed by atoms with Crippen LogP contribution in [-0.2, 0) is 0 Å². The molecule has 0 unspecified atom stereocenters. The van der Waals surface area contributed by atoms with E-state index in [0.29, 0.717) is 57.1 Å². The Bertz CT molecular complexity index is 2180. The van der Waals surface area contributed by atoms with Crippen molar-refractivity contribution in [2.24, 2.45) is 0 Å². The molecule has 0 saturated carbocycles. The molecule has 6 aromatic carbocycles. The number of para-hydroxylation sites is 2. The molecular formula is C48H44O10. The zero-order chi connectivity index (χ0) is 41.3. The van der Waals surface area contributed by atoms with E-state index in [4.69, 9.17) is 37.9 Å². The molecule has 0 saturated heterocycles. The third-order valence-corrected chi connectivity index (χ3v) is 8.47. The zero-order valence-electron chi connectivity index (χ0n) is 33.1. The lowest BCUT2D eigenvalue weighted by Crippen LogP contribution is -2.02. The van der Waals surface area contributed by atoms with E-state index in [1.807, 2.05) is 109 Å². The van der Waals surface area contributed by atoms with Gasteiger partial charge in [-0.05, 0) is 96.1 Å². The van der Waals surface area contributed by atoms with E-state index in [9.17, 15) is 9.59 Å². The van der Waals surface area contributed by atoms with Gasteiger partial charge in [0.15, 0.2) is 34.6 Å². The average molecular weight is 781 g/mol. The lowest BCUT2D eigenvalue weighted by atomic mass is 10.1. The molecule has 0 heterocycles. The molecule has 0 N–H and O–H groups in total. The Morgan fingerprint density at radius 2 is 0.741 bits per heavy atom. The predicted octanol–water partition coefficient (Wildman–Crippen LogP) is 10.8. The molecule has 0 aliphatic rings. The van der Waals surface area contributed by atoms with Gasteiger partial charge < -0.3 is 37.9 Å². The molecular weight excluding hydrogens is 737 g/mol. The van der Waals surface area contributed by atoms with E-state index < -0.39 is 0 Å². The first-order valence-corrected chi connectivity index (χ1v) is 18.0. The Morgan fingerprint density at radius 3 is 1.09 bits per heavy atom. The van der Waals surface area contributed by atoms with Crippen molar-refractivity contribution >= 4 is 23.7 Å². The van der Waals surface area contributed by atoms with Crippen molar-refractivity contribution in [3.8, 4) is 57.5 Å². The van der Waals surface area contributed by atoms with Gasteiger partial charge in [0, 0.05) is 0 Å². The van der Waals surface area contributed by atoms with Gasteiger partial charge in [0.2, 0.25) is 11.5 Å². The summed E-state index contributed by atoms with van der Waals surface area (Å²) in [6, 6.07) is 40.7. The second-order valence-corrected chi connectivity index (χ2v) is 12.1.